The lowest BCUT2D eigenvalue weighted by Gasteiger charge is -2.39. The Morgan fingerprint density at radius 1 is 1.29 bits per heavy atom. The van der Waals surface area contributed by atoms with Crippen LogP contribution in [0.3, 0.4) is 0 Å². The summed E-state index contributed by atoms with van der Waals surface area (Å²) in [6.07, 6.45) is 5.02. The number of ether oxygens (including phenoxy) is 1. The molecular formula is C19H19N3O2. The number of aromatic nitrogens is 2. The van der Waals surface area contributed by atoms with E-state index < -0.39 is 0 Å². The number of carbonyl (C=O) groups excluding carboxylic acids is 1. The topological polar surface area (TPSA) is 67.9 Å². The molecule has 0 bridgehead atoms. The molecule has 2 aliphatic rings. The summed E-state index contributed by atoms with van der Waals surface area (Å²) in [5.74, 6) is 0.165. The van der Waals surface area contributed by atoms with Gasteiger partial charge in [0.2, 0.25) is 0 Å². The van der Waals surface area contributed by atoms with Crippen molar-refractivity contribution >= 4 is 5.78 Å². The standard InChI is InChI=1S/C19H19N3O2/c1-13-8-15(3-2-14(13)11-20)22-12-21-16-9-19(4-6-24-7-5-19)10-17(23)18(16)22/h2-3,8,12H,4-7,9-10H2,1H3. The number of rotatable bonds is 1. The zero-order chi connectivity index (χ0) is 16.7. The monoisotopic (exact) mass is 321 g/mol. The number of benzene rings is 1. The third-order valence-electron chi connectivity index (χ3n) is 5.35. The Morgan fingerprint density at radius 3 is 2.79 bits per heavy atom. The second kappa shape index (κ2) is 5.57. The molecule has 1 saturated heterocycles. The molecular weight excluding hydrogens is 302 g/mol. The number of nitrogens with zero attached hydrogens (tertiary/aromatic N) is 3. The Hall–Kier alpha value is -2.45. The molecule has 1 aromatic heterocycles. The van der Waals surface area contributed by atoms with E-state index in [-0.39, 0.29) is 11.2 Å². The summed E-state index contributed by atoms with van der Waals surface area (Å²) in [4.78, 5) is 17.4. The molecule has 24 heavy (non-hydrogen) atoms. The summed E-state index contributed by atoms with van der Waals surface area (Å²) in [6, 6.07) is 7.78. The number of Topliss-reactive ketones (excluding diaryl/α,β-unsaturated/α-hetero) is 1. The van der Waals surface area contributed by atoms with Gasteiger partial charge in [-0.15, -0.1) is 0 Å². The van der Waals surface area contributed by atoms with Crippen molar-refractivity contribution in [2.24, 2.45) is 5.41 Å². The summed E-state index contributed by atoms with van der Waals surface area (Å²) in [5, 5.41) is 9.08. The summed E-state index contributed by atoms with van der Waals surface area (Å²) in [5.41, 5.74) is 4.08. The average Bonchev–Trinajstić information content (AvgIpc) is 2.99. The molecule has 122 valence electrons. The molecule has 1 aromatic carbocycles. The maximum atomic E-state index is 12.9. The Labute approximate surface area is 140 Å². The Bertz CT molecular complexity index is 854. The fraction of sp³-hybridized carbons (Fsp3) is 0.421. The van der Waals surface area contributed by atoms with Crippen LogP contribution in [0.1, 0.15) is 46.6 Å². The van der Waals surface area contributed by atoms with E-state index in [4.69, 9.17) is 10.00 Å². The van der Waals surface area contributed by atoms with Crippen molar-refractivity contribution in [2.75, 3.05) is 13.2 Å². The SMILES string of the molecule is Cc1cc(-n2cnc3c2C(=O)CC2(CCOCC2)C3)ccc1C#N. The summed E-state index contributed by atoms with van der Waals surface area (Å²) >= 11 is 0. The van der Waals surface area contributed by atoms with Crippen LogP contribution in [0.25, 0.3) is 5.69 Å². The number of hydrogen-bond acceptors (Lipinski definition) is 4. The second-order valence-electron chi connectivity index (χ2n) is 6.91. The fourth-order valence-electron chi connectivity index (χ4n) is 3.93. The van der Waals surface area contributed by atoms with Crippen molar-refractivity contribution in [3.05, 3.63) is 47.0 Å². The number of nitriles is 1. The van der Waals surface area contributed by atoms with Gasteiger partial charge in [0.1, 0.15) is 12.0 Å². The average molecular weight is 321 g/mol. The lowest BCUT2D eigenvalue weighted by Crippen LogP contribution is -2.38. The number of fused-ring (bicyclic) bond motifs is 1. The van der Waals surface area contributed by atoms with Crippen LogP contribution in [0.4, 0.5) is 0 Å². The smallest absolute Gasteiger partial charge is 0.182 e. The highest BCUT2D eigenvalue weighted by Crippen LogP contribution is 2.43. The molecule has 0 amide bonds. The molecule has 4 rings (SSSR count). The molecule has 0 N–H and O–H groups in total. The third-order valence-corrected chi connectivity index (χ3v) is 5.35. The highest BCUT2D eigenvalue weighted by Gasteiger charge is 2.42. The van der Waals surface area contributed by atoms with E-state index >= 15 is 0 Å². The first-order chi connectivity index (χ1) is 11.6. The van der Waals surface area contributed by atoms with Gasteiger partial charge in [-0.25, -0.2) is 4.98 Å². The third kappa shape index (κ3) is 2.35. The van der Waals surface area contributed by atoms with Crippen LogP contribution in [0, 0.1) is 23.7 Å². The number of hydrogen-bond donors (Lipinski definition) is 0. The van der Waals surface area contributed by atoms with Gasteiger partial charge >= 0.3 is 0 Å². The minimum atomic E-state index is 0.0299. The molecule has 0 radical (unpaired) electrons. The molecule has 1 fully saturated rings. The van der Waals surface area contributed by atoms with Crippen LogP contribution in [-0.4, -0.2) is 28.5 Å². The van der Waals surface area contributed by atoms with E-state index in [2.05, 4.69) is 11.1 Å². The van der Waals surface area contributed by atoms with Gasteiger partial charge in [0.25, 0.3) is 0 Å². The number of ketones is 1. The lowest BCUT2D eigenvalue weighted by molar-refractivity contribution is 0.00866. The van der Waals surface area contributed by atoms with Crippen LogP contribution >= 0.6 is 0 Å². The van der Waals surface area contributed by atoms with Crippen molar-refractivity contribution in [2.45, 2.75) is 32.6 Å². The second-order valence-corrected chi connectivity index (χ2v) is 6.91. The lowest BCUT2D eigenvalue weighted by atomic mass is 9.69. The van der Waals surface area contributed by atoms with Crippen LogP contribution in [-0.2, 0) is 11.2 Å². The van der Waals surface area contributed by atoms with E-state index in [1.54, 1.807) is 12.4 Å². The normalized spacial score (nSPS) is 19.1. The highest BCUT2D eigenvalue weighted by molar-refractivity contribution is 5.97. The Morgan fingerprint density at radius 2 is 2.08 bits per heavy atom. The first kappa shape index (κ1) is 15.1. The van der Waals surface area contributed by atoms with Gasteiger partial charge in [0, 0.05) is 25.3 Å². The number of carbonyl (C=O) groups is 1. The number of aryl methyl sites for hydroxylation is 1. The van der Waals surface area contributed by atoms with Gasteiger partial charge in [-0.2, -0.15) is 5.26 Å². The molecule has 0 unspecified atom stereocenters. The highest BCUT2D eigenvalue weighted by atomic mass is 16.5. The van der Waals surface area contributed by atoms with E-state index in [1.165, 1.54) is 0 Å². The molecule has 2 heterocycles. The van der Waals surface area contributed by atoms with Crippen LogP contribution in [0.2, 0.25) is 0 Å². The van der Waals surface area contributed by atoms with Gasteiger partial charge in [0.05, 0.1) is 17.3 Å². The van der Waals surface area contributed by atoms with E-state index in [0.717, 1.165) is 49.4 Å². The zero-order valence-corrected chi connectivity index (χ0v) is 13.7. The maximum absolute atomic E-state index is 12.9. The van der Waals surface area contributed by atoms with Gasteiger partial charge in [-0.05, 0) is 55.4 Å². The Kier molecular flexibility index (Phi) is 3.50. The van der Waals surface area contributed by atoms with Crippen molar-refractivity contribution in [3.8, 4) is 11.8 Å². The predicted octanol–water partition coefficient (Wildman–Crippen LogP) is 2.98. The van der Waals surface area contributed by atoms with E-state index in [9.17, 15) is 4.79 Å². The number of imidazole rings is 1. The molecule has 1 aliphatic heterocycles. The zero-order valence-electron chi connectivity index (χ0n) is 13.7. The van der Waals surface area contributed by atoms with Crippen molar-refractivity contribution in [1.82, 2.24) is 9.55 Å². The minimum absolute atomic E-state index is 0.0299. The van der Waals surface area contributed by atoms with Crippen LogP contribution < -0.4 is 0 Å². The molecule has 0 atom stereocenters. The molecule has 5 nitrogen and oxygen atoms in total. The summed E-state index contributed by atoms with van der Waals surface area (Å²) in [6.45, 7) is 3.38. The molecule has 5 heteroatoms. The van der Waals surface area contributed by atoms with E-state index in [1.807, 2.05) is 23.6 Å². The van der Waals surface area contributed by atoms with Gasteiger partial charge < -0.3 is 4.74 Å². The largest absolute Gasteiger partial charge is 0.381 e. The van der Waals surface area contributed by atoms with Gasteiger partial charge in [-0.1, -0.05) is 0 Å². The van der Waals surface area contributed by atoms with Crippen LogP contribution in [0.5, 0.6) is 0 Å². The first-order valence-corrected chi connectivity index (χ1v) is 8.30. The van der Waals surface area contributed by atoms with Crippen LogP contribution in [0.15, 0.2) is 24.5 Å². The fourth-order valence-corrected chi connectivity index (χ4v) is 3.93. The molecule has 0 saturated carbocycles. The quantitative estimate of drug-likeness (QED) is 0.810. The summed E-state index contributed by atoms with van der Waals surface area (Å²) < 4.78 is 7.34. The van der Waals surface area contributed by atoms with Crippen molar-refractivity contribution in [3.63, 3.8) is 0 Å². The molecule has 1 aliphatic carbocycles. The molecule has 2 aromatic rings. The molecule has 1 spiro atoms. The van der Waals surface area contributed by atoms with Crippen molar-refractivity contribution in [1.29, 1.82) is 5.26 Å². The predicted molar refractivity (Wildman–Crippen MR) is 88.2 cm³/mol. The van der Waals surface area contributed by atoms with Gasteiger partial charge in [0.15, 0.2) is 5.78 Å². The van der Waals surface area contributed by atoms with Crippen molar-refractivity contribution < 1.29 is 9.53 Å². The minimum Gasteiger partial charge on any atom is -0.381 e. The maximum Gasteiger partial charge on any atom is 0.182 e. The first-order valence-electron chi connectivity index (χ1n) is 8.30. The summed E-state index contributed by atoms with van der Waals surface area (Å²) in [7, 11) is 0. The van der Waals surface area contributed by atoms with Gasteiger partial charge in [-0.3, -0.25) is 9.36 Å². The van der Waals surface area contributed by atoms with E-state index in [0.29, 0.717) is 17.7 Å². The Balaban J connectivity index is 1.73.